The molecule has 0 spiro atoms. The highest BCUT2D eigenvalue weighted by Gasteiger charge is 2.03. The number of anilines is 2. The summed E-state index contributed by atoms with van der Waals surface area (Å²) in [5.41, 5.74) is 6.68. The van der Waals surface area contributed by atoms with Gasteiger partial charge < -0.3 is 11.1 Å². The van der Waals surface area contributed by atoms with Crippen LogP contribution in [0.2, 0.25) is 5.02 Å². The summed E-state index contributed by atoms with van der Waals surface area (Å²) in [4.78, 5) is 12.7. The Morgan fingerprint density at radius 1 is 1.39 bits per heavy atom. The lowest BCUT2D eigenvalue weighted by atomic mass is 10.3. The Morgan fingerprint density at radius 2 is 2.22 bits per heavy atom. The lowest BCUT2D eigenvalue weighted by molar-refractivity contribution is -0.111. The van der Waals surface area contributed by atoms with Gasteiger partial charge in [0.1, 0.15) is 0 Å². The first-order valence-electron chi connectivity index (χ1n) is 5.23. The molecule has 0 aliphatic rings. The van der Waals surface area contributed by atoms with E-state index >= 15 is 0 Å². The van der Waals surface area contributed by atoms with Crippen LogP contribution in [0.3, 0.4) is 0 Å². The molecule has 0 atom stereocenters. The fraction of sp³-hybridized carbons (Fsp3) is 0. The Bertz CT molecular complexity index is 579. The molecule has 0 aliphatic heterocycles. The van der Waals surface area contributed by atoms with Gasteiger partial charge in [-0.15, -0.1) is 11.3 Å². The van der Waals surface area contributed by atoms with Gasteiger partial charge in [0.15, 0.2) is 0 Å². The molecule has 5 heteroatoms. The summed E-state index contributed by atoms with van der Waals surface area (Å²) in [6.07, 6.45) is 3.23. The van der Waals surface area contributed by atoms with Crippen LogP contribution in [-0.4, -0.2) is 5.91 Å². The molecule has 2 aromatic rings. The van der Waals surface area contributed by atoms with Crippen LogP contribution in [0.1, 0.15) is 4.88 Å². The summed E-state index contributed by atoms with van der Waals surface area (Å²) in [6, 6.07) is 8.82. The van der Waals surface area contributed by atoms with E-state index in [4.69, 9.17) is 17.3 Å². The predicted octanol–water partition coefficient (Wildman–Crippen LogP) is 3.64. The Labute approximate surface area is 114 Å². The zero-order valence-electron chi connectivity index (χ0n) is 9.39. The molecule has 1 heterocycles. The van der Waals surface area contributed by atoms with Crippen LogP contribution in [0.25, 0.3) is 6.08 Å². The number of amides is 1. The van der Waals surface area contributed by atoms with Crippen LogP contribution in [0, 0.1) is 0 Å². The maximum Gasteiger partial charge on any atom is 0.248 e. The second-order valence-electron chi connectivity index (χ2n) is 3.58. The van der Waals surface area contributed by atoms with Crippen LogP contribution >= 0.6 is 22.9 Å². The zero-order valence-corrected chi connectivity index (χ0v) is 11.0. The van der Waals surface area contributed by atoms with Crippen LogP contribution in [0.4, 0.5) is 11.4 Å². The summed E-state index contributed by atoms with van der Waals surface area (Å²) < 4.78 is 0. The Kier molecular flexibility index (Phi) is 4.02. The molecule has 1 aromatic heterocycles. The standard InChI is InChI=1S/C13H11ClN2OS/c14-11-8-9(15)3-5-12(11)16-13(17)6-4-10-2-1-7-18-10/h1-8H,15H2,(H,16,17)/b6-4+. The lowest BCUT2D eigenvalue weighted by Gasteiger charge is -2.05. The van der Waals surface area contributed by atoms with E-state index in [0.29, 0.717) is 16.4 Å². The highest BCUT2D eigenvalue weighted by Crippen LogP contribution is 2.24. The van der Waals surface area contributed by atoms with Crippen molar-refractivity contribution in [2.45, 2.75) is 0 Å². The fourth-order valence-electron chi connectivity index (χ4n) is 1.35. The molecule has 0 saturated carbocycles. The van der Waals surface area contributed by atoms with E-state index in [1.54, 1.807) is 35.6 Å². The van der Waals surface area contributed by atoms with Crippen LogP contribution < -0.4 is 11.1 Å². The Balaban J connectivity index is 2.03. The number of carbonyl (C=O) groups excluding carboxylic acids is 1. The third-order valence-corrected chi connectivity index (χ3v) is 3.34. The average Bonchev–Trinajstić information content (AvgIpc) is 2.83. The second kappa shape index (κ2) is 5.71. The normalized spacial score (nSPS) is 10.7. The molecule has 3 nitrogen and oxygen atoms in total. The quantitative estimate of drug-likeness (QED) is 0.665. The molecule has 0 unspecified atom stereocenters. The molecule has 1 amide bonds. The molecular weight excluding hydrogens is 268 g/mol. The van der Waals surface area contributed by atoms with E-state index in [9.17, 15) is 4.79 Å². The predicted molar refractivity (Wildman–Crippen MR) is 77.8 cm³/mol. The van der Waals surface area contributed by atoms with Crippen molar-refractivity contribution >= 4 is 46.3 Å². The summed E-state index contributed by atoms with van der Waals surface area (Å²) in [7, 11) is 0. The number of nitrogens with two attached hydrogens (primary N) is 1. The molecule has 1 aromatic carbocycles. The maximum atomic E-state index is 11.7. The van der Waals surface area contributed by atoms with E-state index in [-0.39, 0.29) is 5.91 Å². The number of nitrogen functional groups attached to an aromatic ring is 1. The van der Waals surface area contributed by atoms with Gasteiger partial charge in [0.25, 0.3) is 0 Å². The fourth-order valence-corrected chi connectivity index (χ4v) is 2.21. The molecule has 92 valence electrons. The third kappa shape index (κ3) is 3.35. The van der Waals surface area contributed by atoms with Gasteiger partial charge in [-0.1, -0.05) is 17.7 Å². The van der Waals surface area contributed by atoms with E-state index < -0.39 is 0 Å². The van der Waals surface area contributed by atoms with Crippen molar-refractivity contribution in [3.8, 4) is 0 Å². The molecule has 3 N–H and O–H groups in total. The summed E-state index contributed by atoms with van der Waals surface area (Å²) >= 11 is 7.52. The SMILES string of the molecule is Nc1ccc(NC(=O)/C=C/c2cccs2)c(Cl)c1. The molecule has 2 rings (SSSR count). The molecule has 0 saturated heterocycles. The number of rotatable bonds is 3. The van der Waals surface area contributed by atoms with Crippen molar-refractivity contribution in [3.63, 3.8) is 0 Å². The second-order valence-corrected chi connectivity index (χ2v) is 4.96. The van der Waals surface area contributed by atoms with Crippen molar-refractivity contribution in [3.05, 3.63) is 51.7 Å². The molecule has 0 bridgehead atoms. The number of halogens is 1. The van der Waals surface area contributed by atoms with E-state index in [1.807, 2.05) is 17.5 Å². The number of nitrogens with one attached hydrogen (secondary N) is 1. The first-order valence-corrected chi connectivity index (χ1v) is 6.48. The van der Waals surface area contributed by atoms with Gasteiger partial charge in [-0.3, -0.25) is 4.79 Å². The van der Waals surface area contributed by atoms with Gasteiger partial charge in [0.05, 0.1) is 10.7 Å². The minimum absolute atomic E-state index is 0.227. The number of thiophene rings is 1. The van der Waals surface area contributed by atoms with Crippen LogP contribution in [0.15, 0.2) is 41.8 Å². The van der Waals surface area contributed by atoms with Crippen molar-refractivity contribution in [1.29, 1.82) is 0 Å². The minimum atomic E-state index is -0.227. The first kappa shape index (κ1) is 12.7. The molecular formula is C13H11ClN2OS. The topological polar surface area (TPSA) is 55.1 Å². The van der Waals surface area contributed by atoms with Crippen molar-refractivity contribution in [2.24, 2.45) is 0 Å². The third-order valence-electron chi connectivity index (χ3n) is 2.19. The van der Waals surface area contributed by atoms with Gasteiger partial charge >= 0.3 is 0 Å². The van der Waals surface area contributed by atoms with Crippen LogP contribution in [-0.2, 0) is 4.79 Å². The Morgan fingerprint density at radius 3 is 2.89 bits per heavy atom. The van der Waals surface area contributed by atoms with Gasteiger partial charge in [0, 0.05) is 16.6 Å². The van der Waals surface area contributed by atoms with Crippen molar-refractivity contribution in [2.75, 3.05) is 11.1 Å². The van der Waals surface area contributed by atoms with Crippen molar-refractivity contribution < 1.29 is 4.79 Å². The monoisotopic (exact) mass is 278 g/mol. The summed E-state index contributed by atoms with van der Waals surface area (Å²) in [6.45, 7) is 0. The summed E-state index contributed by atoms with van der Waals surface area (Å²) in [5.74, 6) is -0.227. The largest absolute Gasteiger partial charge is 0.399 e. The van der Waals surface area contributed by atoms with Crippen molar-refractivity contribution in [1.82, 2.24) is 0 Å². The summed E-state index contributed by atoms with van der Waals surface area (Å²) in [5, 5.41) is 5.07. The van der Waals surface area contributed by atoms with Gasteiger partial charge in [0.2, 0.25) is 5.91 Å². The number of hydrogen-bond acceptors (Lipinski definition) is 3. The van der Waals surface area contributed by atoms with Gasteiger partial charge in [-0.2, -0.15) is 0 Å². The number of hydrogen-bond donors (Lipinski definition) is 2. The first-order chi connectivity index (χ1) is 8.65. The maximum absolute atomic E-state index is 11.7. The van der Waals surface area contributed by atoms with E-state index in [1.165, 1.54) is 6.08 Å². The molecule has 0 fully saturated rings. The van der Waals surface area contributed by atoms with E-state index in [0.717, 1.165) is 4.88 Å². The minimum Gasteiger partial charge on any atom is -0.399 e. The number of carbonyl (C=O) groups is 1. The Hall–Kier alpha value is -1.78. The smallest absolute Gasteiger partial charge is 0.248 e. The highest BCUT2D eigenvalue weighted by molar-refractivity contribution is 7.10. The molecule has 0 radical (unpaired) electrons. The van der Waals surface area contributed by atoms with Crippen LogP contribution in [0.5, 0.6) is 0 Å². The highest BCUT2D eigenvalue weighted by atomic mass is 35.5. The zero-order chi connectivity index (χ0) is 13.0. The van der Waals surface area contributed by atoms with E-state index in [2.05, 4.69) is 5.32 Å². The van der Waals surface area contributed by atoms with Gasteiger partial charge in [-0.25, -0.2) is 0 Å². The average molecular weight is 279 g/mol. The lowest BCUT2D eigenvalue weighted by Crippen LogP contribution is -2.08. The molecule has 18 heavy (non-hydrogen) atoms. The molecule has 0 aliphatic carbocycles. The van der Waals surface area contributed by atoms with Gasteiger partial charge in [-0.05, 0) is 35.7 Å². The number of benzene rings is 1.